The normalized spacial score (nSPS) is 12.7. The standard InChI is InChI=1S/C32H16N2O2/c35-31-19-10-3-6-15-25(19)34-26-16-22-17-8-1-4-13-23(17)33-24-14-5-2-9-18(24)27(30(22)33)28(26)32(36)21-12-7-11-20(31)29(21)34/h1-16H. The van der Waals surface area contributed by atoms with Crippen LogP contribution in [0.25, 0.3) is 76.2 Å². The van der Waals surface area contributed by atoms with Gasteiger partial charge < -0.3 is 8.80 Å². The lowest BCUT2D eigenvalue weighted by Crippen LogP contribution is -2.14. The molecule has 4 aromatic heterocycles. The van der Waals surface area contributed by atoms with Gasteiger partial charge in [-0.05, 0) is 42.5 Å². The first-order valence-corrected chi connectivity index (χ1v) is 12.1. The Hall–Kier alpha value is -4.96. The minimum Gasteiger partial charge on any atom is -0.308 e. The van der Waals surface area contributed by atoms with Gasteiger partial charge in [-0.25, -0.2) is 0 Å². The first-order valence-electron chi connectivity index (χ1n) is 12.1. The van der Waals surface area contributed by atoms with Crippen molar-refractivity contribution in [1.29, 1.82) is 0 Å². The van der Waals surface area contributed by atoms with Crippen molar-refractivity contribution in [1.82, 2.24) is 8.80 Å². The average molecular weight is 460 g/mol. The summed E-state index contributed by atoms with van der Waals surface area (Å²) in [6, 6.07) is 32.1. The van der Waals surface area contributed by atoms with Crippen LogP contribution in [0.1, 0.15) is 0 Å². The fourth-order valence-electron chi connectivity index (χ4n) is 6.57. The summed E-state index contributed by atoms with van der Waals surface area (Å²) in [7, 11) is 0. The van der Waals surface area contributed by atoms with E-state index in [0.717, 1.165) is 49.1 Å². The summed E-state index contributed by atoms with van der Waals surface area (Å²) in [5.74, 6) is 0. The third-order valence-electron chi connectivity index (χ3n) is 7.96. The number of nitrogens with zero attached hydrogens (tertiary/aromatic N) is 2. The number of rotatable bonds is 0. The van der Waals surface area contributed by atoms with Crippen LogP contribution in [0.15, 0.2) is 107 Å². The minimum atomic E-state index is -0.0393. The molecule has 0 atom stereocenters. The average Bonchev–Trinajstić information content (AvgIpc) is 3.44. The zero-order chi connectivity index (χ0) is 23.7. The number of benzene rings is 5. The summed E-state index contributed by atoms with van der Waals surface area (Å²) < 4.78 is 4.43. The highest BCUT2D eigenvalue weighted by Gasteiger charge is 2.24. The maximum Gasteiger partial charge on any atom is 0.197 e. The Labute approximate surface area is 202 Å². The molecule has 0 N–H and O–H groups in total. The van der Waals surface area contributed by atoms with Crippen molar-refractivity contribution in [2.75, 3.05) is 0 Å². The molecule has 5 aromatic carbocycles. The van der Waals surface area contributed by atoms with E-state index in [0.29, 0.717) is 27.1 Å². The van der Waals surface area contributed by atoms with E-state index in [1.807, 2.05) is 54.6 Å². The van der Waals surface area contributed by atoms with Crippen molar-refractivity contribution < 1.29 is 0 Å². The third kappa shape index (κ3) is 1.89. The van der Waals surface area contributed by atoms with Gasteiger partial charge in [-0.3, -0.25) is 9.59 Å². The zero-order valence-corrected chi connectivity index (χ0v) is 18.9. The first kappa shape index (κ1) is 18.4. The molecule has 4 heteroatoms. The number of para-hydroxylation sites is 4. The van der Waals surface area contributed by atoms with Crippen molar-refractivity contribution in [2.45, 2.75) is 0 Å². The number of fused-ring (bicyclic) bond motifs is 11. The van der Waals surface area contributed by atoms with Crippen molar-refractivity contribution in [3.63, 3.8) is 0 Å². The number of aromatic nitrogens is 2. The molecule has 0 unspecified atom stereocenters. The second-order valence-electron chi connectivity index (χ2n) is 9.62. The van der Waals surface area contributed by atoms with Gasteiger partial charge in [0.15, 0.2) is 10.9 Å². The highest BCUT2D eigenvalue weighted by Crippen LogP contribution is 2.43. The monoisotopic (exact) mass is 460 g/mol. The van der Waals surface area contributed by atoms with Crippen LogP contribution in [0.2, 0.25) is 0 Å². The van der Waals surface area contributed by atoms with Crippen molar-refractivity contribution in [3.05, 3.63) is 118 Å². The Balaban J connectivity index is 1.77. The van der Waals surface area contributed by atoms with Gasteiger partial charge in [-0.15, -0.1) is 0 Å². The van der Waals surface area contributed by atoms with Crippen molar-refractivity contribution in [3.8, 4) is 0 Å². The van der Waals surface area contributed by atoms with E-state index in [-0.39, 0.29) is 10.9 Å². The maximum atomic E-state index is 14.3. The van der Waals surface area contributed by atoms with Gasteiger partial charge in [0.1, 0.15) is 0 Å². The van der Waals surface area contributed by atoms with Crippen LogP contribution in [-0.2, 0) is 0 Å². The molecule has 0 bridgehead atoms. The predicted molar refractivity (Wildman–Crippen MR) is 148 cm³/mol. The van der Waals surface area contributed by atoms with Crippen LogP contribution in [0.5, 0.6) is 0 Å². The molecular formula is C32H16N2O2. The van der Waals surface area contributed by atoms with Crippen LogP contribution in [0.3, 0.4) is 0 Å². The Kier molecular flexibility index (Phi) is 3.06. The topological polar surface area (TPSA) is 43.0 Å². The number of hydrogen-bond donors (Lipinski definition) is 0. The fourth-order valence-corrected chi connectivity index (χ4v) is 6.57. The Bertz CT molecular complexity index is 2520. The predicted octanol–water partition coefficient (Wildman–Crippen LogP) is 6.71. The van der Waals surface area contributed by atoms with Crippen LogP contribution in [0, 0.1) is 0 Å². The van der Waals surface area contributed by atoms with Gasteiger partial charge in [0.2, 0.25) is 0 Å². The van der Waals surface area contributed by atoms with Crippen molar-refractivity contribution in [2.24, 2.45) is 0 Å². The molecule has 4 heterocycles. The highest BCUT2D eigenvalue weighted by atomic mass is 16.1. The largest absolute Gasteiger partial charge is 0.308 e. The summed E-state index contributed by atoms with van der Waals surface area (Å²) >= 11 is 0. The Morgan fingerprint density at radius 1 is 0.389 bits per heavy atom. The fraction of sp³-hybridized carbons (Fsp3) is 0. The smallest absolute Gasteiger partial charge is 0.197 e. The molecule has 166 valence electrons. The van der Waals surface area contributed by atoms with E-state index in [9.17, 15) is 9.59 Å². The van der Waals surface area contributed by atoms with Gasteiger partial charge >= 0.3 is 0 Å². The zero-order valence-electron chi connectivity index (χ0n) is 18.9. The molecule has 0 spiro atoms. The molecule has 0 aliphatic rings. The minimum absolute atomic E-state index is 0.0318. The molecule has 0 fully saturated rings. The van der Waals surface area contributed by atoms with E-state index in [1.54, 1.807) is 0 Å². The van der Waals surface area contributed by atoms with Gasteiger partial charge in [-0.2, -0.15) is 0 Å². The van der Waals surface area contributed by atoms with Gasteiger partial charge in [0.05, 0.1) is 38.5 Å². The quantitative estimate of drug-likeness (QED) is 0.187. The third-order valence-corrected chi connectivity index (χ3v) is 7.96. The second kappa shape index (κ2) is 5.99. The Morgan fingerprint density at radius 2 is 0.917 bits per heavy atom. The summed E-state index contributed by atoms with van der Waals surface area (Å²) in [6.07, 6.45) is 0. The molecule has 0 saturated heterocycles. The molecule has 9 aromatic rings. The maximum absolute atomic E-state index is 14.3. The molecule has 4 nitrogen and oxygen atoms in total. The summed E-state index contributed by atoms with van der Waals surface area (Å²) in [4.78, 5) is 27.8. The van der Waals surface area contributed by atoms with Crippen LogP contribution in [0.4, 0.5) is 0 Å². The Morgan fingerprint density at radius 3 is 1.67 bits per heavy atom. The van der Waals surface area contributed by atoms with Crippen LogP contribution >= 0.6 is 0 Å². The first-order chi connectivity index (χ1) is 17.7. The second-order valence-corrected chi connectivity index (χ2v) is 9.62. The lowest BCUT2D eigenvalue weighted by atomic mass is 9.98. The van der Waals surface area contributed by atoms with Gasteiger partial charge in [0.25, 0.3) is 0 Å². The van der Waals surface area contributed by atoms with E-state index >= 15 is 0 Å². The molecule has 0 aliphatic heterocycles. The van der Waals surface area contributed by atoms with E-state index in [1.165, 1.54) is 0 Å². The highest BCUT2D eigenvalue weighted by molar-refractivity contribution is 6.32. The molecule has 0 saturated carbocycles. The molecule has 9 rings (SSSR count). The van der Waals surface area contributed by atoms with E-state index in [4.69, 9.17) is 0 Å². The molecular weight excluding hydrogens is 444 g/mol. The molecule has 36 heavy (non-hydrogen) atoms. The van der Waals surface area contributed by atoms with Gasteiger partial charge in [-0.1, -0.05) is 54.6 Å². The summed E-state index contributed by atoms with van der Waals surface area (Å²) in [6.45, 7) is 0. The van der Waals surface area contributed by atoms with Crippen LogP contribution in [-0.4, -0.2) is 8.80 Å². The summed E-state index contributed by atoms with van der Waals surface area (Å²) in [5, 5.41) is 6.80. The molecule has 0 radical (unpaired) electrons. The molecule has 0 amide bonds. The van der Waals surface area contributed by atoms with Crippen molar-refractivity contribution >= 4 is 76.2 Å². The van der Waals surface area contributed by atoms with E-state index in [2.05, 4.69) is 51.3 Å². The SMILES string of the molecule is O=c1c2ccccc2n2c3cc4c5ccccc5n5c6ccccc6c(c3c(=O)c3cccc1c32)c45. The number of hydrogen-bond acceptors (Lipinski definition) is 2. The van der Waals surface area contributed by atoms with Crippen LogP contribution < -0.4 is 10.9 Å². The lowest BCUT2D eigenvalue weighted by molar-refractivity contribution is 1.31. The molecule has 0 aliphatic carbocycles. The van der Waals surface area contributed by atoms with Gasteiger partial charge in [0, 0.05) is 37.7 Å². The summed E-state index contributed by atoms with van der Waals surface area (Å²) in [5.41, 5.74) is 5.57. The van der Waals surface area contributed by atoms with E-state index < -0.39 is 0 Å². The lowest BCUT2D eigenvalue weighted by Gasteiger charge is -2.15. The number of pyridine rings is 2.